The van der Waals surface area contributed by atoms with Gasteiger partial charge in [-0.2, -0.15) is 5.26 Å². The van der Waals surface area contributed by atoms with Crippen LogP contribution in [-0.2, 0) is 16.0 Å². The van der Waals surface area contributed by atoms with Crippen LogP contribution in [0.1, 0.15) is 15.9 Å². The number of esters is 1. The number of anilines is 1. The first-order chi connectivity index (χ1) is 13.6. The highest BCUT2D eigenvalue weighted by Gasteiger charge is 2.15. The Labute approximate surface area is 163 Å². The largest absolute Gasteiger partial charge is 0.497 e. The fraction of sp³-hybridized carbons (Fsp3) is 0.190. The highest BCUT2D eigenvalue weighted by Crippen LogP contribution is 2.17. The standard InChI is InChI=1S/C21H21N3O4/c1-27-17-7-5-6-15(12-17)10-11-23-14-16(13-22)20(25)24-19-9-4-3-8-18(19)21(26)28-2/h3-9,12,14,23H,10-11H2,1-2H3,(H,24,25)/b16-14-. The van der Waals surface area contributed by atoms with Crippen LogP contribution in [0.3, 0.4) is 0 Å². The van der Waals surface area contributed by atoms with Gasteiger partial charge in [0.25, 0.3) is 5.91 Å². The summed E-state index contributed by atoms with van der Waals surface area (Å²) in [4.78, 5) is 24.1. The number of methoxy groups -OCH3 is 2. The summed E-state index contributed by atoms with van der Waals surface area (Å²) >= 11 is 0. The van der Waals surface area contributed by atoms with Crippen molar-refractivity contribution in [3.05, 3.63) is 71.4 Å². The SMILES string of the molecule is COC(=O)c1ccccc1NC(=O)/C(C#N)=C\NCCc1cccc(OC)c1. The number of carbonyl (C=O) groups is 2. The fourth-order valence-electron chi connectivity index (χ4n) is 2.44. The molecule has 0 fully saturated rings. The van der Waals surface area contributed by atoms with Crippen LogP contribution in [0.25, 0.3) is 0 Å². The molecule has 2 rings (SSSR count). The van der Waals surface area contributed by atoms with E-state index in [-0.39, 0.29) is 16.8 Å². The van der Waals surface area contributed by atoms with Gasteiger partial charge in [0.05, 0.1) is 25.5 Å². The minimum atomic E-state index is -0.618. The van der Waals surface area contributed by atoms with Crippen molar-refractivity contribution in [2.75, 3.05) is 26.1 Å². The van der Waals surface area contributed by atoms with E-state index in [9.17, 15) is 14.9 Å². The van der Waals surface area contributed by atoms with Crippen LogP contribution < -0.4 is 15.4 Å². The van der Waals surface area contributed by atoms with E-state index in [1.54, 1.807) is 25.3 Å². The molecule has 0 heterocycles. The Bertz CT molecular complexity index is 916. The second-order valence-electron chi connectivity index (χ2n) is 5.72. The lowest BCUT2D eigenvalue weighted by molar-refractivity contribution is -0.112. The molecule has 0 spiro atoms. The van der Waals surface area contributed by atoms with Crippen molar-refractivity contribution in [3.8, 4) is 11.8 Å². The van der Waals surface area contributed by atoms with Gasteiger partial charge in [-0.25, -0.2) is 4.79 Å². The third kappa shape index (κ3) is 5.61. The highest BCUT2D eigenvalue weighted by atomic mass is 16.5. The molecular weight excluding hydrogens is 358 g/mol. The lowest BCUT2D eigenvalue weighted by atomic mass is 10.1. The number of nitriles is 1. The first-order valence-corrected chi connectivity index (χ1v) is 8.54. The summed E-state index contributed by atoms with van der Waals surface area (Å²) < 4.78 is 9.87. The maximum absolute atomic E-state index is 12.3. The zero-order valence-electron chi connectivity index (χ0n) is 15.7. The van der Waals surface area contributed by atoms with Gasteiger partial charge in [-0.05, 0) is 36.2 Å². The molecule has 2 N–H and O–H groups in total. The Hall–Kier alpha value is -3.79. The van der Waals surface area contributed by atoms with E-state index in [1.165, 1.54) is 19.4 Å². The molecule has 0 aliphatic carbocycles. The van der Waals surface area contributed by atoms with Gasteiger partial charge in [-0.15, -0.1) is 0 Å². The number of nitrogens with one attached hydrogen (secondary N) is 2. The van der Waals surface area contributed by atoms with Crippen LogP contribution in [0.4, 0.5) is 5.69 Å². The zero-order valence-corrected chi connectivity index (χ0v) is 15.7. The van der Waals surface area contributed by atoms with Crippen LogP contribution in [0.5, 0.6) is 5.75 Å². The van der Waals surface area contributed by atoms with E-state index in [0.29, 0.717) is 13.0 Å². The first-order valence-electron chi connectivity index (χ1n) is 8.54. The van der Waals surface area contributed by atoms with Crippen LogP contribution >= 0.6 is 0 Å². The summed E-state index contributed by atoms with van der Waals surface area (Å²) in [5.41, 5.74) is 1.44. The maximum Gasteiger partial charge on any atom is 0.339 e. The Balaban J connectivity index is 1.98. The lowest BCUT2D eigenvalue weighted by Gasteiger charge is -2.09. The van der Waals surface area contributed by atoms with Crippen LogP contribution in [0.2, 0.25) is 0 Å². The number of benzene rings is 2. The molecule has 0 aromatic heterocycles. The monoisotopic (exact) mass is 379 g/mol. The zero-order chi connectivity index (χ0) is 20.4. The number of hydrogen-bond donors (Lipinski definition) is 2. The van der Waals surface area contributed by atoms with Crippen molar-refractivity contribution >= 4 is 17.6 Å². The minimum absolute atomic E-state index is 0.106. The van der Waals surface area contributed by atoms with E-state index in [1.807, 2.05) is 30.3 Å². The number of carbonyl (C=O) groups excluding carboxylic acids is 2. The van der Waals surface area contributed by atoms with Gasteiger partial charge in [-0.3, -0.25) is 4.79 Å². The van der Waals surface area contributed by atoms with Crippen molar-refractivity contribution in [2.45, 2.75) is 6.42 Å². The maximum atomic E-state index is 12.3. The molecule has 0 radical (unpaired) electrons. The molecule has 2 aromatic rings. The van der Waals surface area contributed by atoms with Crippen molar-refractivity contribution in [1.82, 2.24) is 5.32 Å². The lowest BCUT2D eigenvalue weighted by Crippen LogP contribution is -2.19. The number of rotatable bonds is 8. The summed E-state index contributed by atoms with van der Waals surface area (Å²) in [6.45, 7) is 0.532. The Kier molecular flexibility index (Phi) is 7.61. The molecule has 28 heavy (non-hydrogen) atoms. The van der Waals surface area contributed by atoms with Crippen LogP contribution in [-0.4, -0.2) is 32.6 Å². The Morgan fingerprint density at radius 3 is 2.64 bits per heavy atom. The smallest absolute Gasteiger partial charge is 0.339 e. The number of hydrogen-bond acceptors (Lipinski definition) is 6. The minimum Gasteiger partial charge on any atom is -0.497 e. The fourth-order valence-corrected chi connectivity index (χ4v) is 2.44. The van der Waals surface area contributed by atoms with E-state index in [4.69, 9.17) is 9.47 Å². The topological polar surface area (TPSA) is 100 Å². The first kappa shape index (κ1) is 20.5. The normalized spacial score (nSPS) is 10.5. The summed E-state index contributed by atoms with van der Waals surface area (Å²) in [7, 11) is 2.87. The van der Waals surface area contributed by atoms with Crippen molar-refractivity contribution < 1.29 is 19.1 Å². The molecule has 0 saturated carbocycles. The molecule has 7 nitrogen and oxygen atoms in total. The molecule has 0 unspecified atom stereocenters. The quantitative estimate of drug-likeness (QED) is 0.317. The molecule has 144 valence electrons. The molecule has 0 bridgehead atoms. The van der Waals surface area contributed by atoms with Gasteiger partial charge >= 0.3 is 5.97 Å². The van der Waals surface area contributed by atoms with Crippen molar-refractivity contribution in [1.29, 1.82) is 5.26 Å². The third-order valence-electron chi connectivity index (χ3n) is 3.88. The summed E-state index contributed by atoms with van der Waals surface area (Å²) in [5.74, 6) is -0.420. The summed E-state index contributed by atoms with van der Waals surface area (Å²) in [6.07, 6.45) is 2.05. The highest BCUT2D eigenvalue weighted by molar-refractivity contribution is 6.09. The summed E-state index contributed by atoms with van der Waals surface area (Å²) in [5, 5.41) is 14.8. The number of nitrogens with zero attached hydrogens (tertiary/aromatic N) is 1. The number of amides is 1. The van der Waals surface area contributed by atoms with Crippen LogP contribution in [0, 0.1) is 11.3 Å². The molecule has 7 heteroatoms. The molecule has 1 amide bonds. The second-order valence-corrected chi connectivity index (χ2v) is 5.72. The third-order valence-corrected chi connectivity index (χ3v) is 3.88. The van der Waals surface area contributed by atoms with E-state index < -0.39 is 11.9 Å². The van der Waals surface area contributed by atoms with Gasteiger partial charge in [0.2, 0.25) is 0 Å². The second kappa shape index (κ2) is 10.4. The predicted molar refractivity (Wildman–Crippen MR) is 105 cm³/mol. The van der Waals surface area contributed by atoms with E-state index in [2.05, 4.69) is 10.6 Å². The van der Waals surface area contributed by atoms with E-state index >= 15 is 0 Å². The van der Waals surface area contributed by atoms with E-state index in [0.717, 1.165) is 11.3 Å². The van der Waals surface area contributed by atoms with Gasteiger partial charge in [0.1, 0.15) is 17.4 Å². The average molecular weight is 379 g/mol. The van der Waals surface area contributed by atoms with Crippen molar-refractivity contribution in [2.24, 2.45) is 0 Å². The number of ether oxygens (including phenoxy) is 2. The average Bonchev–Trinajstić information content (AvgIpc) is 2.73. The molecule has 2 aromatic carbocycles. The van der Waals surface area contributed by atoms with Gasteiger partial charge in [-0.1, -0.05) is 24.3 Å². The molecule has 0 atom stereocenters. The molecular formula is C21H21N3O4. The predicted octanol–water partition coefficient (Wildman–Crippen LogP) is 2.66. The summed E-state index contributed by atoms with van der Waals surface area (Å²) in [6, 6.07) is 15.9. The molecule has 0 saturated heterocycles. The number of para-hydroxylation sites is 1. The van der Waals surface area contributed by atoms with Gasteiger partial charge in [0, 0.05) is 12.7 Å². The Morgan fingerprint density at radius 2 is 1.93 bits per heavy atom. The van der Waals surface area contributed by atoms with Gasteiger partial charge in [0.15, 0.2) is 0 Å². The molecule has 0 aliphatic heterocycles. The van der Waals surface area contributed by atoms with Crippen LogP contribution in [0.15, 0.2) is 60.3 Å². The molecule has 0 aliphatic rings. The van der Waals surface area contributed by atoms with Gasteiger partial charge < -0.3 is 20.1 Å². The Morgan fingerprint density at radius 1 is 1.14 bits per heavy atom. The van der Waals surface area contributed by atoms with Crippen molar-refractivity contribution in [3.63, 3.8) is 0 Å².